The predicted molar refractivity (Wildman–Crippen MR) is 112 cm³/mol. The van der Waals surface area contributed by atoms with Crippen LogP contribution in [0.3, 0.4) is 0 Å². The lowest BCUT2D eigenvalue weighted by Crippen LogP contribution is -2.38. The van der Waals surface area contributed by atoms with Crippen molar-refractivity contribution in [3.63, 3.8) is 0 Å². The monoisotopic (exact) mass is 425 g/mol. The zero-order valence-corrected chi connectivity index (χ0v) is 17.6. The molecule has 0 bridgehead atoms. The topological polar surface area (TPSA) is 78.8 Å². The van der Waals surface area contributed by atoms with Crippen LogP contribution in [-0.2, 0) is 11.2 Å². The number of rotatable bonds is 8. The number of phenolic OH excluding ortho intramolecular Hbond substituents is 1. The largest absolute Gasteiger partial charge is 0.508 e. The summed E-state index contributed by atoms with van der Waals surface area (Å²) in [5.41, 5.74) is 2.60. The molecule has 0 saturated heterocycles. The summed E-state index contributed by atoms with van der Waals surface area (Å²) in [6, 6.07) is 8.36. The molecule has 0 aliphatic carbocycles. The highest BCUT2D eigenvalue weighted by Gasteiger charge is 2.14. The Balaban J connectivity index is 2.12. The number of aliphatic hydroxyl groups is 1. The summed E-state index contributed by atoms with van der Waals surface area (Å²) < 4.78 is 5.45. The van der Waals surface area contributed by atoms with Gasteiger partial charge in [-0.1, -0.05) is 49.2 Å². The van der Waals surface area contributed by atoms with E-state index in [-0.39, 0.29) is 36.8 Å². The minimum absolute atomic E-state index is 0.145. The summed E-state index contributed by atoms with van der Waals surface area (Å²) in [4.78, 5) is 11.7. The van der Waals surface area contributed by atoms with Gasteiger partial charge in [-0.25, -0.2) is 0 Å². The summed E-state index contributed by atoms with van der Waals surface area (Å²) >= 11 is 12.8. The number of hydrogen-bond donors (Lipinski definition) is 3. The van der Waals surface area contributed by atoms with Crippen LogP contribution in [0.15, 0.2) is 30.3 Å². The van der Waals surface area contributed by atoms with Crippen LogP contribution in [0.4, 0.5) is 0 Å². The fourth-order valence-electron chi connectivity index (χ4n) is 2.72. The van der Waals surface area contributed by atoms with Crippen molar-refractivity contribution in [2.45, 2.75) is 39.2 Å². The maximum Gasteiger partial charge on any atom is 0.258 e. The molecular formula is C21H25Cl2NO4. The number of phenols is 1. The van der Waals surface area contributed by atoms with Crippen molar-refractivity contribution in [1.29, 1.82) is 0 Å². The number of benzene rings is 2. The maximum absolute atomic E-state index is 11.7. The number of carbonyl (C=O) groups is 1. The first kappa shape index (κ1) is 22.3. The average Bonchev–Trinajstić information content (AvgIpc) is 2.63. The normalized spacial score (nSPS) is 12.1. The lowest BCUT2D eigenvalue weighted by Gasteiger charge is -2.14. The van der Waals surface area contributed by atoms with Gasteiger partial charge in [-0.15, -0.1) is 0 Å². The first-order chi connectivity index (χ1) is 13.2. The number of ether oxygens (including phenoxy) is 1. The summed E-state index contributed by atoms with van der Waals surface area (Å²) in [5, 5.41) is 22.4. The molecule has 5 nitrogen and oxygen atoms in total. The molecular weight excluding hydrogens is 401 g/mol. The van der Waals surface area contributed by atoms with Gasteiger partial charge in [0.1, 0.15) is 11.5 Å². The minimum atomic E-state index is -0.344. The van der Waals surface area contributed by atoms with Gasteiger partial charge in [0.2, 0.25) is 0 Å². The second kappa shape index (κ2) is 10.0. The van der Waals surface area contributed by atoms with E-state index in [1.165, 1.54) is 0 Å². The van der Waals surface area contributed by atoms with Crippen LogP contribution in [0.25, 0.3) is 0 Å². The number of nitrogens with one attached hydrogen (secondary N) is 1. The summed E-state index contributed by atoms with van der Waals surface area (Å²) in [7, 11) is 0. The Labute approximate surface area is 175 Å². The fraction of sp³-hybridized carbons (Fsp3) is 0.381. The van der Waals surface area contributed by atoms with Crippen molar-refractivity contribution >= 4 is 29.1 Å². The van der Waals surface area contributed by atoms with E-state index in [1.807, 2.05) is 26.0 Å². The van der Waals surface area contributed by atoms with Gasteiger partial charge in [0, 0.05) is 22.5 Å². The van der Waals surface area contributed by atoms with Crippen molar-refractivity contribution in [1.82, 2.24) is 5.32 Å². The summed E-state index contributed by atoms with van der Waals surface area (Å²) in [6.07, 6.45) is 0.506. The molecule has 0 saturated carbocycles. The van der Waals surface area contributed by atoms with Gasteiger partial charge < -0.3 is 20.3 Å². The van der Waals surface area contributed by atoms with Gasteiger partial charge >= 0.3 is 0 Å². The Morgan fingerprint density at radius 2 is 1.79 bits per heavy atom. The van der Waals surface area contributed by atoms with Crippen molar-refractivity contribution in [2.75, 3.05) is 13.2 Å². The zero-order valence-electron chi connectivity index (χ0n) is 16.1. The van der Waals surface area contributed by atoms with E-state index >= 15 is 0 Å². The number of hydrogen-bond acceptors (Lipinski definition) is 4. The smallest absolute Gasteiger partial charge is 0.258 e. The van der Waals surface area contributed by atoms with Crippen molar-refractivity contribution in [3.8, 4) is 11.5 Å². The highest BCUT2D eigenvalue weighted by atomic mass is 35.5. The van der Waals surface area contributed by atoms with E-state index in [1.54, 1.807) is 25.1 Å². The highest BCUT2D eigenvalue weighted by Crippen LogP contribution is 2.33. The van der Waals surface area contributed by atoms with Crippen molar-refractivity contribution in [2.24, 2.45) is 0 Å². The quantitative estimate of drug-likeness (QED) is 0.589. The van der Waals surface area contributed by atoms with Crippen LogP contribution < -0.4 is 10.1 Å². The summed E-state index contributed by atoms with van der Waals surface area (Å²) in [5.74, 6) is 0.511. The number of aromatic hydroxyl groups is 1. The third kappa shape index (κ3) is 6.03. The molecule has 0 unspecified atom stereocenters. The second-order valence-electron chi connectivity index (χ2n) is 7.03. The number of aliphatic hydroxyl groups excluding tert-OH is 1. The van der Waals surface area contributed by atoms with E-state index in [0.717, 1.165) is 16.7 Å². The van der Waals surface area contributed by atoms with Crippen LogP contribution in [-0.4, -0.2) is 35.4 Å². The molecule has 1 atom stereocenters. The third-order valence-electron chi connectivity index (χ3n) is 4.26. The molecule has 0 aliphatic heterocycles. The lowest BCUT2D eigenvalue weighted by molar-refractivity contribution is -0.124. The molecule has 2 aromatic rings. The molecule has 2 rings (SSSR count). The molecule has 0 aliphatic rings. The first-order valence-electron chi connectivity index (χ1n) is 9.04. The highest BCUT2D eigenvalue weighted by molar-refractivity contribution is 6.36. The van der Waals surface area contributed by atoms with Crippen LogP contribution in [0.5, 0.6) is 11.5 Å². The fourth-order valence-corrected chi connectivity index (χ4v) is 3.32. The van der Waals surface area contributed by atoms with E-state index < -0.39 is 0 Å². The number of carbonyl (C=O) groups excluding carboxylic acids is 1. The van der Waals surface area contributed by atoms with Gasteiger partial charge in [-0.05, 0) is 47.7 Å². The van der Waals surface area contributed by atoms with Gasteiger partial charge in [0.15, 0.2) is 6.61 Å². The van der Waals surface area contributed by atoms with E-state index in [2.05, 4.69) is 5.32 Å². The number of amides is 1. The van der Waals surface area contributed by atoms with Crippen LogP contribution in [0.1, 0.15) is 43.4 Å². The van der Waals surface area contributed by atoms with E-state index in [0.29, 0.717) is 22.2 Å². The van der Waals surface area contributed by atoms with E-state index in [4.69, 9.17) is 33.0 Å². The molecule has 1 amide bonds. The van der Waals surface area contributed by atoms with Crippen molar-refractivity contribution in [3.05, 3.63) is 57.1 Å². The van der Waals surface area contributed by atoms with Gasteiger partial charge in [0.25, 0.3) is 5.91 Å². The number of halogens is 2. The first-order valence-corrected chi connectivity index (χ1v) is 9.79. The molecule has 7 heteroatoms. The predicted octanol–water partition coefficient (Wildman–Crippen LogP) is 4.29. The van der Waals surface area contributed by atoms with Crippen LogP contribution in [0, 0.1) is 0 Å². The molecule has 28 heavy (non-hydrogen) atoms. The molecule has 0 radical (unpaired) electrons. The molecule has 0 aromatic heterocycles. The van der Waals surface area contributed by atoms with Crippen LogP contribution in [0.2, 0.25) is 10.0 Å². The van der Waals surface area contributed by atoms with Crippen LogP contribution >= 0.6 is 23.2 Å². The second-order valence-corrected chi connectivity index (χ2v) is 7.84. The molecule has 0 fully saturated rings. The molecule has 152 valence electrons. The Hall–Kier alpha value is -1.95. The Morgan fingerprint density at radius 3 is 2.36 bits per heavy atom. The zero-order chi connectivity index (χ0) is 20.8. The van der Waals surface area contributed by atoms with Gasteiger partial charge in [0.05, 0.1) is 6.61 Å². The average molecular weight is 426 g/mol. The molecule has 0 heterocycles. The Morgan fingerprint density at radius 1 is 1.14 bits per heavy atom. The Bertz CT molecular complexity index is 816. The third-order valence-corrected chi connectivity index (χ3v) is 4.94. The van der Waals surface area contributed by atoms with Gasteiger partial charge in [-0.2, -0.15) is 0 Å². The molecule has 2 aromatic carbocycles. The minimum Gasteiger partial charge on any atom is -0.508 e. The Kier molecular flexibility index (Phi) is 7.98. The lowest BCUT2D eigenvalue weighted by atomic mass is 9.96. The SMILES string of the molecule is CC(C)c1cc(Cc2c(Cl)cc(OCC(=O)N[C@H](C)CO)cc2Cl)ccc1O. The standard InChI is InChI=1S/C21H25Cl2NO4/c1-12(2)16-6-14(4-5-20(16)26)7-17-18(22)8-15(9-19(17)23)28-11-21(27)24-13(3)10-25/h4-6,8-9,12-13,25-26H,7,10-11H2,1-3H3,(H,24,27)/t13-/m1/s1. The van der Waals surface area contributed by atoms with Gasteiger partial charge in [-0.3, -0.25) is 4.79 Å². The van der Waals surface area contributed by atoms with E-state index in [9.17, 15) is 9.90 Å². The maximum atomic E-state index is 11.7. The summed E-state index contributed by atoms with van der Waals surface area (Å²) in [6.45, 7) is 5.37. The van der Waals surface area contributed by atoms with Crippen molar-refractivity contribution < 1.29 is 19.7 Å². The molecule has 0 spiro atoms. The molecule has 3 N–H and O–H groups in total.